The van der Waals surface area contributed by atoms with E-state index < -0.39 is 0 Å². The zero-order chi connectivity index (χ0) is 24.2. The van der Waals surface area contributed by atoms with Gasteiger partial charge in [-0.25, -0.2) is 9.97 Å². The van der Waals surface area contributed by atoms with Crippen molar-refractivity contribution >= 4 is 23.2 Å². The number of aryl methyl sites for hydroxylation is 1. The number of nitrogens with one attached hydrogen (secondary N) is 2. The minimum atomic E-state index is -0.161. The third kappa shape index (κ3) is 5.36. The molecule has 0 spiro atoms. The van der Waals surface area contributed by atoms with E-state index in [1.807, 2.05) is 55.5 Å². The molecule has 1 aliphatic heterocycles. The van der Waals surface area contributed by atoms with Crippen LogP contribution in [0.5, 0.6) is 0 Å². The number of rotatable bonds is 6. The number of aromatic nitrogens is 3. The van der Waals surface area contributed by atoms with Gasteiger partial charge in [0, 0.05) is 47.6 Å². The summed E-state index contributed by atoms with van der Waals surface area (Å²) in [6.07, 6.45) is 6.38. The van der Waals surface area contributed by atoms with E-state index in [-0.39, 0.29) is 5.91 Å². The SMILES string of the molecule is Cc1ccc(C(=O)Nc2ccc(C3CCN(C)C3)cc2)cc1Nc1nccc(-c2cccnc2)n1. The topological polar surface area (TPSA) is 83.0 Å². The Hall–Kier alpha value is -4.10. The summed E-state index contributed by atoms with van der Waals surface area (Å²) in [5.41, 5.74) is 6.12. The molecule has 35 heavy (non-hydrogen) atoms. The minimum absolute atomic E-state index is 0.161. The molecule has 2 aromatic carbocycles. The van der Waals surface area contributed by atoms with Crippen molar-refractivity contribution in [2.45, 2.75) is 19.3 Å². The Kier molecular flexibility index (Phi) is 6.50. The summed E-state index contributed by atoms with van der Waals surface area (Å²) in [6, 6.07) is 19.4. The first-order valence-corrected chi connectivity index (χ1v) is 11.8. The van der Waals surface area contributed by atoms with Crippen molar-refractivity contribution in [3.8, 4) is 11.3 Å². The number of nitrogens with zero attached hydrogens (tertiary/aromatic N) is 4. The summed E-state index contributed by atoms with van der Waals surface area (Å²) >= 11 is 0. The second-order valence-electron chi connectivity index (χ2n) is 8.99. The first-order valence-electron chi connectivity index (χ1n) is 11.8. The molecule has 1 aliphatic rings. The number of pyridine rings is 1. The van der Waals surface area contributed by atoms with Crippen LogP contribution in [-0.2, 0) is 0 Å². The monoisotopic (exact) mass is 464 g/mol. The van der Waals surface area contributed by atoms with E-state index in [1.165, 1.54) is 12.0 Å². The van der Waals surface area contributed by atoms with Gasteiger partial charge in [0.05, 0.1) is 5.69 Å². The summed E-state index contributed by atoms with van der Waals surface area (Å²) in [5.74, 6) is 0.862. The molecule has 0 aliphatic carbocycles. The fourth-order valence-electron chi connectivity index (χ4n) is 4.36. The molecule has 1 atom stereocenters. The third-order valence-electron chi connectivity index (χ3n) is 6.39. The van der Waals surface area contributed by atoms with Gasteiger partial charge >= 0.3 is 0 Å². The van der Waals surface area contributed by atoms with Gasteiger partial charge in [-0.3, -0.25) is 9.78 Å². The molecule has 4 aromatic rings. The van der Waals surface area contributed by atoms with Crippen molar-refractivity contribution in [1.82, 2.24) is 19.9 Å². The van der Waals surface area contributed by atoms with Gasteiger partial charge in [-0.2, -0.15) is 0 Å². The molecule has 5 rings (SSSR count). The van der Waals surface area contributed by atoms with Crippen molar-refractivity contribution in [3.05, 3.63) is 95.9 Å². The maximum Gasteiger partial charge on any atom is 0.255 e. The molecule has 7 heteroatoms. The van der Waals surface area contributed by atoms with Crippen LogP contribution in [0.1, 0.15) is 33.8 Å². The smallest absolute Gasteiger partial charge is 0.255 e. The first kappa shape index (κ1) is 22.7. The van der Waals surface area contributed by atoms with Crippen LogP contribution in [0.3, 0.4) is 0 Å². The lowest BCUT2D eigenvalue weighted by molar-refractivity contribution is 0.102. The van der Waals surface area contributed by atoms with Crippen LogP contribution in [0.4, 0.5) is 17.3 Å². The molecule has 1 fully saturated rings. The van der Waals surface area contributed by atoms with E-state index in [9.17, 15) is 4.79 Å². The number of hydrogen-bond donors (Lipinski definition) is 2. The molecule has 176 valence electrons. The Morgan fingerprint density at radius 2 is 1.91 bits per heavy atom. The van der Waals surface area contributed by atoms with Crippen LogP contribution in [0.2, 0.25) is 0 Å². The van der Waals surface area contributed by atoms with E-state index in [1.54, 1.807) is 18.6 Å². The number of carbonyl (C=O) groups is 1. The highest BCUT2D eigenvalue weighted by molar-refractivity contribution is 6.05. The average molecular weight is 465 g/mol. The third-order valence-corrected chi connectivity index (χ3v) is 6.39. The van der Waals surface area contributed by atoms with E-state index >= 15 is 0 Å². The molecule has 0 saturated carbocycles. The molecule has 1 saturated heterocycles. The van der Waals surface area contributed by atoms with Crippen LogP contribution < -0.4 is 10.6 Å². The maximum absolute atomic E-state index is 13.0. The van der Waals surface area contributed by atoms with Crippen molar-refractivity contribution in [2.24, 2.45) is 0 Å². The molecular formula is C28H28N6O. The Balaban J connectivity index is 1.29. The maximum atomic E-state index is 13.0. The highest BCUT2D eigenvalue weighted by atomic mass is 16.1. The van der Waals surface area contributed by atoms with Crippen LogP contribution in [0.25, 0.3) is 11.3 Å². The molecule has 0 bridgehead atoms. The molecule has 0 radical (unpaired) electrons. The van der Waals surface area contributed by atoms with E-state index in [4.69, 9.17) is 0 Å². The number of benzene rings is 2. The van der Waals surface area contributed by atoms with Crippen LogP contribution >= 0.6 is 0 Å². The van der Waals surface area contributed by atoms with Gasteiger partial charge in [-0.05, 0) is 86.4 Å². The van der Waals surface area contributed by atoms with Crippen molar-refractivity contribution in [3.63, 3.8) is 0 Å². The van der Waals surface area contributed by atoms with Gasteiger partial charge in [-0.1, -0.05) is 18.2 Å². The van der Waals surface area contributed by atoms with Crippen molar-refractivity contribution in [1.29, 1.82) is 0 Å². The van der Waals surface area contributed by atoms with Crippen LogP contribution in [-0.4, -0.2) is 45.9 Å². The quantitative estimate of drug-likeness (QED) is 0.405. The summed E-state index contributed by atoms with van der Waals surface area (Å²) in [5, 5.41) is 6.27. The molecule has 2 aromatic heterocycles. The van der Waals surface area contributed by atoms with Gasteiger partial charge < -0.3 is 15.5 Å². The van der Waals surface area contributed by atoms with Gasteiger partial charge in [0.15, 0.2) is 0 Å². The fraction of sp³-hybridized carbons (Fsp3) is 0.214. The highest BCUT2D eigenvalue weighted by Crippen LogP contribution is 2.27. The molecule has 7 nitrogen and oxygen atoms in total. The van der Waals surface area contributed by atoms with Crippen molar-refractivity contribution in [2.75, 3.05) is 30.8 Å². The van der Waals surface area contributed by atoms with E-state index in [0.29, 0.717) is 17.4 Å². The Labute approximate surface area is 205 Å². The average Bonchev–Trinajstić information content (AvgIpc) is 3.32. The normalized spacial score (nSPS) is 15.7. The first-order chi connectivity index (χ1) is 17.0. The molecule has 3 heterocycles. The van der Waals surface area contributed by atoms with Gasteiger partial charge in [0.1, 0.15) is 0 Å². The lowest BCUT2D eigenvalue weighted by Crippen LogP contribution is -2.14. The standard InChI is InChI=1S/C28H28N6O/c1-19-5-6-21(27(35)31-24-9-7-20(8-10-24)23-12-15-34(2)18-23)16-26(19)33-28-30-14-11-25(32-28)22-4-3-13-29-17-22/h3-11,13-14,16-17,23H,12,15,18H2,1-2H3,(H,31,35)(H,30,32,33). The molecule has 1 amide bonds. The number of hydrogen-bond acceptors (Lipinski definition) is 6. The predicted octanol–water partition coefficient (Wildman–Crippen LogP) is 5.26. The number of likely N-dealkylation sites (tertiary alicyclic amines) is 1. The zero-order valence-corrected chi connectivity index (χ0v) is 19.9. The molecular weight excluding hydrogens is 436 g/mol. The van der Waals surface area contributed by atoms with Gasteiger partial charge in [-0.15, -0.1) is 0 Å². The number of amides is 1. The van der Waals surface area contributed by atoms with Gasteiger partial charge in [0.2, 0.25) is 5.95 Å². The molecule has 2 N–H and O–H groups in total. The lowest BCUT2D eigenvalue weighted by atomic mass is 9.98. The zero-order valence-electron chi connectivity index (χ0n) is 19.9. The minimum Gasteiger partial charge on any atom is -0.324 e. The van der Waals surface area contributed by atoms with Gasteiger partial charge in [0.25, 0.3) is 5.91 Å². The summed E-state index contributed by atoms with van der Waals surface area (Å²) in [7, 11) is 2.16. The lowest BCUT2D eigenvalue weighted by Gasteiger charge is -2.13. The Bertz CT molecular complexity index is 1320. The van der Waals surface area contributed by atoms with Crippen LogP contribution in [0.15, 0.2) is 79.3 Å². The van der Waals surface area contributed by atoms with Crippen molar-refractivity contribution < 1.29 is 4.79 Å². The number of carbonyl (C=O) groups excluding carboxylic acids is 1. The van der Waals surface area contributed by atoms with E-state index in [0.717, 1.165) is 41.3 Å². The van der Waals surface area contributed by atoms with E-state index in [2.05, 4.69) is 49.7 Å². The number of anilines is 3. The Morgan fingerprint density at radius 1 is 1.06 bits per heavy atom. The Morgan fingerprint density at radius 3 is 2.66 bits per heavy atom. The second kappa shape index (κ2) is 10.0. The van der Waals surface area contributed by atoms with Crippen LogP contribution in [0, 0.1) is 6.92 Å². The highest BCUT2D eigenvalue weighted by Gasteiger charge is 2.21. The summed E-state index contributed by atoms with van der Waals surface area (Å²) in [6.45, 7) is 4.19. The number of likely N-dealkylation sites (N-methyl/N-ethyl adjacent to an activating group) is 1. The second-order valence-corrected chi connectivity index (χ2v) is 8.99. The summed E-state index contributed by atoms with van der Waals surface area (Å²) in [4.78, 5) is 28.4. The molecule has 1 unspecified atom stereocenters. The largest absolute Gasteiger partial charge is 0.324 e. The fourth-order valence-corrected chi connectivity index (χ4v) is 4.36. The summed E-state index contributed by atoms with van der Waals surface area (Å²) < 4.78 is 0. The predicted molar refractivity (Wildman–Crippen MR) is 139 cm³/mol.